The lowest BCUT2D eigenvalue weighted by atomic mass is 9.50. The van der Waals surface area contributed by atoms with Gasteiger partial charge in [0.05, 0.1) is 26.9 Å². The van der Waals surface area contributed by atoms with Crippen molar-refractivity contribution in [2.45, 2.75) is 88.1 Å². The highest BCUT2D eigenvalue weighted by Crippen LogP contribution is 2.69. The predicted molar refractivity (Wildman–Crippen MR) is 148 cm³/mol. The molecule has 5 atom stereocenters. The molecule has 3 fully saturated rings. The van der Waals surface area contributed by atoms with Crippen LogP contribution in [0.3, 0.4) is 0 Å². The Morgan fingerprint density at radius 3 is 2.34 bits per heavy atom. The summed E-state index contributed by atoms with van der Waals surface area (Å²) < 4.78 is 31.1. The number of hydrogen-bond acceptors (Lipinski definition) is 2. The minimum atomic E-state index is -3.55. The van der Waals surface area contributed by atoms with E-state index in [0.29, 0.717) is 23.4 Å². The smallest absolute Gasteiger partial charge is 0.336 e. The highest BCUT2D eigenvalue weighted by Gasteiger charge is 2.71. The first kappa shape index (κ1) is 26.0. The molecule has 38 heavy (non-hydrogen) atoms. The van der Waals surface area contributed by atoms with Crippen LogP contribution in [-0.2, 0) is 0 Å². The molecule has 0 bridgehead atoms. The molecule has 1 aromatic carbocycles. The third kappa shape index (κ3) is 3.94. The van der Waals surface area contributed by atoms with E-state index < -0.39 is 16.9 Å². The average Bonchev–Trinajstić information content (AvgIpc) is 3.67. The van der Waals surface area contributed by atoms with Crippen molar-refractivity contribution < 1.29 is 18.5 Å². The third-order valence-corrected chi connectivity index (χ3v) is 10.4. The largest absolute Gasteiger partial charge is 0.382 e. The number of rotatable bonds is 4. The van der Waals surface area contributed by atoms with Gasteiger partial charge in [-0.1, -0.05) is 41.9 Å². The minimum absolute atomic E-state index is 0.000863. The summed E-state index contributed by atoms with van der Waals surface area (Å²) in [5.74, 6) is -1.01. The highest BCUT2D eigenvalue weighted by atomic mass is 19.3. The van der Waals surface area contributed by atoms with Gasteiger partial charge in [-0.3, -0.25) is 0 Å². The van der Waals surface area contributed by atoms with Gasteiger partial charge in [-0.2, -0.15) is 8.78 Å². The Balaban J connectivity index is 1.48. The fourth-order valence-corrected chi connectivity index (χ4v) is 8.49. The Kier molecular flexibility index (Phi) is 5.88. The number of terminal acetylenes is 1. The molecule has 202 valence electrons. The van der Waals surface area contributed by atoms with Crippen molar-refractivity contribution in [3.63, 3.8) is 0 Å². The highest BCUT2D eigenvalue weighted by molar-refractivity contribution is 5.97. The van der Waals surface area contributed by atoms with E-state index >= 15 is 8.78 Å². The summed E-state index contributed by atoms with van der Waals surface area (Å²) in [6.07, 6.45) is 15.0. The number of benzene rings is 1. The van der Waals surface area contributed by atoms with Crippen molar-refractivity contribution in [1.82, 2.24) is 0 Å². The van der Waals surface area contributed by atoms with Crippen LogP contribution in [0.4, 0.5) is 8.78 Å². The summed E-state index contributed by atoms with van der Waals surface area (Å²) in [5, 5.41) is 16.6. The van der Waals surface area contributed by atoms with Gasteiger partial charge in [0.2, 0.25) is 0 Å². The SMILES string of the molecule is C#CC(F)(F)[C@]1(O)CC[C@H]2[C@@H]3CCC4=CC(=N[N+](C)(C)C)CCC4=C3[C@H](c3ccc(C4CC4)cc3)C[C@@]21C. The maximum atomic E-state index is 15.3. The van der Waals surface area contributed by atoms with Crippen LogP contribution >= 0.6 is 0 Å². The lowest BCUT2D eigenvalue weighted by molar-refractivity contribution is -0.877. The number of halogens is 2. The van der Waals surface area contributed by atoms with Gasteiger partial charge in [0, 0.05) is 11.3 Å². The van der Waals surface area contributed by atoms with Gasteiger partial charge in [0.25, 0.3) is 0 Å². The van der Waals surface area contributed by atoms with Crippen LogP contribution in [0.2, 0.25) is 0 Å². The van der Waals surface area contributed by atoms with Crippen LogP contribution in [0, 0.1) is 29.6 Å². The van der Waals surface area contributed by atoms with E-state index in [-0.39, 0.29) is 24.2 Å². The topological polar surface area (TPSA) is 32.6 Å². The predicted octanol–water partition coefficient (Wildman–Crippen LogP) is 6.96. The molecule has 0 aliphatic heterocycles. The molecule has 0 heterocycles. The van der Waals surface area contributed by atoms with Gasteiger partial charge in [0.15, 0.2) is 0 Å². The fourth-order valence-electron chi connectivity index (χ4n) is 8.49. The summed E-state index contributed by atoms with van der Waals surface area (Å²) in [6.45, 7) is 1.90. The van der Waals surface area contributed by atoms with Crippen molar-refractivity contribution >= 4 is 5.71 Å². The number of nitrogens with zero attached hydrogens (tertiary/aromatic N) is 2. The molecule has 3 nitrogen and oxygen atoms in total. The lowest BCUT2D eigenvalue weighted by Gasteiger charge is -2.55. The van der Waals surface area contributed by atoms with E-state index in [1.807, 2.05) is 6.92 Å². The number of allylic oxidation sites excluding steroid dienone is 4. The third-order valence-electron chi connectivity index (χ3n) is 10.4. The zero-order valence-corrected chi connectivity index (χ0v) is 23.2. The quantitative estimate of drug-likeness (QED) is 0.260. The normalized spacial score (nSPS) is 36.3. The second kappa shape index (κ2) is 8.60. The van der Waals surface area contributed by atoms with Crippen molar-refractivity contribution in [2.24, 2.45) is 22.4 Å². The van der Waals surface area contributed by atoms with Crippen LogP contribution < -0.4 is 0 Å². The van der Waals surface area contributed by atoms with Crippen LogP contribution in [0.5, 0.6) is 0 Å². The standard InChI is InChI=1S/C33H41F2N2O/c1-6-33(34,35)32(38)18-17-29-27-15-13-24-19-25(36-37(3,4)5)14-16-26(24)30(27)28(20-31(29,32)2)23-11-9-22(10-12-23)21-7-8-21/h1,9-12,19,21,27-29,38H,7-8,13-18,20H2,2-5H3/q+1/t27-,28-,29-,31-,32-/m0/s1. The Morgan fingerprint density at radius 2 is 1.71 bits per heavy atom. The van der Waals surface area contributed by atoms with E-state index in [4.69, 9.17) is 11.5 Å². The molecule has 0 spiro atoms. The average molecular weight is 520 g/mol. The van der Waals surface area contributed by atoms with Crippen molar-refractivity contribution in [3.05, 3.63) is 58.2 Å². The van der Waals surface area contributed by atoms with Crippen LogP contribution in [-0.4, -0.2) is 48.1 Å². The van der Waals surface area contributed by atoms with Crippen molar-refractivity contribution in [1.29, 1.82) is 0 Å². The van der Waals surface area contributed by atoms with E-state index in [2.05, 4.69) is 51.5 Å². The summed E-state index contributed by atoms with van der Waals surface area (Å²) in [6, 6.07) is 8.94. The van der Waals surface area contributed by atoms with Crippen LogP contribution in [0.25, 0.3) is 0 Å². The molecule has 0 saturated heterocycles. The first-order valence-electron chi connectivity index (χ1n) is 14.4. The lowest BCUT2D eigenvalue weighted by Crippen LogP contribution is -2.60. The minimum Gasteiger partial charge on any atom is -0.382 e. The Morgan fingerprint density at radius 1 is 1.03 bits per heavy atom. The second-order valence-electron chi connectivity index (χ2n) is 13.6. The summed E-state index contributed by atoms with van der Waals surface area (Å²) in [7, 11) is 6.23. The van der Waals surface area contributed by atoms with Gasteiger partial charge >= 0.3 is 5.92 Å². The molecule has 5 aliphatic rings. The number of fused-ring (bicyclic) bond motifs is 4. The van der Waals surface area contributed by atoms with E-state index in [1.165, 1.54) is 40.7 Å². The van der Waals surface area contributed by atoms with E-state index in [9.17, 15) is 5.11 Å². The first-order valence-corrected chi connectivity index (χ1v) is 14.4. The summed E-state index contributed by atoms with van der Waals surface area (Å²) in [5.41, 5.74) is 4.82. The van der Waals surface area contributed by atoms with Gasteiger partial charge in [-0.05, 0) is 110 Å². The second-order valence-corrected chi connectivity index (χ2v) is 13.6. The van der Waals surface area contributed by atoms with Gasteiger partial charge < -0.3 is 5.11 Å². The molecule has 3 saturated carbocycles. The van der Waals surface area contributed by atoms with Crippen LogP contribution in [0.15, 0.2) is 52.2 Å². The van der Waals surface area contributed by atoms with Gasteiger partial charge in [-0.15, -0.1) is 6.42 Å². The number of quaternary nitrogens is 1. The summed E-state index contributed by atoms with van der Waals surface area (Å²) >= 11 is 0. The molecule has 5 aliphatic carbocycles. The number of aliphatic hydroxyl groups is 1. The van der Waals surface area contributed by atoms with Crippen LogP contribution in [0.1, 0.15) is 87.7 Å². The molecule has 5 heteroatoms. The fraction of sp³-hybridized carbons (Fsp3) is 0.606. The molecule has 0 radical (unpaired) electrons. The van der Waals surface area contributed by atoms with E-state index in [1.54, 1.807) is 5.92 Å². The maximum absolute atomic E-state index is 15.3. The first-order chi connectivity index (χ1) is 17.9. The Bertz CT molecular complexity index is 1270. The zero-order chi connectivity index (χ0) is 27.1. The van der Waals surface area contributed by atoms with Crippen molar-refractivity contribution in [2.75, 3.05) is 21.1 Å². The van der Waals surface area contributed by atoms with E-state index in [0.717, 1.165) is 31.4 Å². The Labute approximate surface area is 226 Å². The summed E-state index contributed by atoms with van der Waals surface area (Å²) in [4.78, 5) is 0. The number of hydrogen-bond donors (Lipinski definition) is 1. The molecule has 0 unspecified atom stereocenters. The molecular weight excluding hydrogens is 478 g/mol. The Hall–Kier alpha value is -2.29. The molecule has 6 rings (SSSR count). The maximum Gasteiger partial charge on any atom is 0.336 e. The molecule has 0 amide bonds. The molecule has 1 aromatic rings. The monoisotopic (exact) mass is 519 g/mol. The number of alkyl halides is 2. The molecular formula is C33H41F2N2O+. The van der Waals surface area contributed by atoms with Gasteiger partial charge in [-0.25, -0.2) is 4.59 Å². The van der Waals surface area contributed by atoms with Gasteiger partial charge in [0.1, 0.15) is 5.60 Å². The molecule has 1 N–H and O–H groups in total. The molecule has 0 aromatic heterocycles. The zero-order valence-electron chi connectivity index (χ0n) is 23.2. The van der Waals surface area contributed by atoms with Crippen molar-refractivity contribution in [3.8, 4) is 12.3 Å².